The molecule has 0 aliphatic carbocycles. The topological polar surface area (TPSA) is 115 Å². The summed E-state index contributed by atoms with van der Waals surface area (Å²) < 4.78 is 12.8. The lowest BCUT2D eigenvalue weighted by molar-refractivity contribution is 0.0975. The highest BCUT2D eigenvalue weighted by Crippen LogP contribution is 2.32. The molecule has 0 spiro atoms. The molecule has 0 saturated heterocycles. The molecule has 1 aromatic heterocycles. The molecule has 4 N–H and O–H groups in total. The number of fused-ring (bicyclic) bond motifs is 1. The normalized spacial score (nSPS) is 12.2. The van der Waals surface area contributed by atoms with E-state index in [1.54, 1.807) is 4.68 Å². The molecule has 1 aromatic carbocycles. The lowest BCUT2D eigenvalue weighted by atomic mass is 10.2. The summed E-state index contributed by atoms with van der Waals surface area (Å²) >= 11 is 0. The number of halogens is 1. The van der Waals surface area contributed by atoms with Crippen molar-refractivity contribution in [2.24, 2.45) is 5.73 Å². The molecule has 2 aromatic rings. The van der Waals surface area contributed by atoms with Crippen molar-refractivity contribution in [2.75, 3.05) is 13.2 Å². The number of rotatable bonds is 3. The van der Waals surface area contributed by atoms with E-state index in [9.17, 15) is 4.79 Å². The van der Waals surface area contributed by atoms with Gasteiger partial charge in [-0.05, 0) is 18.6 Å². The summed E-state index contributed by atoms with van der Waals surface area (Å²) in [6.07, 6.45) is 2.06. The molecule has 1 amide bonds. The Labute approximate surface area is 144 Å². The summed E-state index contributed by atoms with van der Waals surface area (Å²) in [6, 6.07) is 5.50. The van der Waals surface area contributed by atoms with Gasteiger partial charge in [-0.2, -0.15) is 5.10 Å². The monoisotopic (exact) mass is 351 g/mol. The van der Waals surface area contributed by atoms with Gasteiger partial charge in [0.2, 0.25) is 0 Å². The quantitative estimate of drug-likeness (QED) is 0.568. The molecule has 24 heavy (non-hydrogen) atoms. The first kappa shape index (κ1) is 17.6. The van der Waals surface area contributed by atoms with Crippen LogP contribution >= 0.6 is 12.4 Å². The van der Waals surface area contributed by atoms with Crippen LogP contribution < -0.4 is 20.5 Å². The third kappa shape index (κ3) is 3.28. The largest absolute Gasteiger partial charge is 0.486 e. The van der Waals surface area contributed by atoms with Gasteiger partial charge in [0, 0.05) is 6.07 Å². The van der Waals surface area contributed by atoms with Crippen molar-refractivity contribution >= 4 is 24.3 Å². The van der Waals surface area contributed by atoms with Crippen molar-refractivity contribution in [3.8, 4) is 17.2 Å². The lowest BCUT2D eigenvalue weighted by Crippen LogP contribution is -2.36. The minimum Gasteiger partial charge on any atom is -0.486 e. The molecule has 0 fully saturated rings. The van der Waals surface area contributed by atoms with E-state index < -0.39 is 11.9 Å². The molecule has 0 unspecified atom stereocenters. The van der Waals surface area contributed by atoms with Crippen LogP contribution in [0.25, 0.3) is 5.69 Å². The molecular formula is C15H18ClN5O3. The smallest absolute Gasteiger partial charge is 0.261 e. The van der Waals surface area contributed by atoms with Gasteiger partial charge in [-0.1, -0.05) is 6.92 Å². The van der Waals surface area contributed by atoms with Crippen LogP contribution in [0.2, 0.25) is 0 Å². The van der Waals surface area contributed by atoms with Crippen LogP contribution in [0.15, 0.2) is 24.4 Å². The summed E-state index contributed by atoms with van der Waals surface area (Å²) in [7, 11) is 0. The highest BCUT2D eigenvalue weighted by molar-refractivity contribution is 6.05. The Kier molecular flexibility index (Phi) is 5.30. The van der Waals surface area contributed by atoms with Gasteiger partial charge in [-0.25, -0.2) is 4.68 Å². The number of carbonyl (C=O) groups excluding carboxylic acids is 1. The standard InChI is InChI=1S/C15H17N5O3.ClH/c1-2-11-10(14(21)19-15(16)17)8-18-20(11)9-3-4-12-13(7-9)23-6-5-22-12;/h3-4,7-8H,2,5-6H2,1H3,(H4,16,17,19,21);1H. The molecule has 2 heterocycles. The Bertz CT molecular complexity index is 774. The molecule has 0 saturated carbocycles. The van der Waals surface area contributed by atoms with Crippen LogP contribution in [-0.2, 0) is 6.42 Å². The Morgan fingerprint density at radius 1 is 1.38 bits per heavy atom. The molecule has 0 bridgehead atoms. The van der Waals surface area contributed by atoms with Crippen molar-refractivity contribution in [3.05, 3.63) is 35.7 Å². The van der Waals surface area contributed by atoms with Crippen LogP contribution in [0, 0.1) is 5.41 Å². The molecule has 128 valence electrons. The van der Waals surface area contributed by atoms with Gasteiger partial charge in [0.15, 0.2) is 17.5 Å². The minimum absolute atomic E-state index is 0. The van der Waals surface area contributed by atoms with E-state index in [0.29, 0.717) is 36.7 Å². The van der Waals surface area contributed by atoms with E-state index in [4.69, 9.17) is 20.6 Å². The predicted octanol–water partition coefficient (Wildman–Crippen LogP) is 1.25. The summed E-state index contributed by atoms with van der Waals surface area (Å²) in [5.41, 5.74) is 7.09. The van der Waals surface area contributed by atoms with Crippen molar-refractivity contribution in [2.45, 2.75) is 13.3 Å². The Hall–Kier alpha value is -2.74. The Morgan fingerprint density at radius 3 is 2.75 bits per heavy atom. The Balaban J connectivity index is 0.00000208. The minimum atomic E-state index is -0.446. The number of nitrogens with zero attached hydrogens (tertiary/aromatic N) is 2. The maximum atomic E-state index is 12.1. The highest BCUT2D eigenvalue weighted by atomic mass is 35.5. The second-order valence-corrected chi connectivity index (χ2v) is 4.97. The van der Waals surface area contributed by atoms with E-state index in [0.717, 1.165) is 11.4 Å². The molecule has 0 atom stereocenters. The van der Waals surface area contributed by atoms with Gasteiger partial charge in [0.25, 0.3) is 5.91 Å². The Morgan fingerprint density at radius 2 is 2.08 bits per heavy atom. The van der Waals surface area contributed by atoms with Gasteiger partial charge >= 0.3 is 0 Å². The molecule has 3 rings (SSSR count). The van der Waals surface area contributed by atoms with Crippen LogP contribution in [0.5, 0.6) is 11.5 Å². The summed E-state index contributed by atoms with van der Waals surface area (Å²) in [4.78, 5) is 12.1. The second kappa shape index (κ2) is 7.22. The number of amides is 1. The lowest BCUT2D eigenvalue weighted by Gasteiger charge is -2.19. The number of aromatic nitrogens is 2. The predicted molar refractivity (Wildman–Crippen MR) is 90.6 cm³/mol. The zero-order valence-electron chi connectivity index (χ0n) is 13.0. The van der Waals surface area contributed by atoms with Gasteiger partial charge in [0.05, 0.1) is 23.1 Å². The number of carbonyl (C=O) groups is 1. The fourth-order valence-electron chi connectivity index (χ4n) is 2.48. The van der Waals surface area contributed by atoms with E-state index >= 15 is 0 Å². The van der Waals surface area contributed by atoms with Gasteiger partial charge in [0.1, 0.15) is 13.2 Å². The number of nitrogens with two attached hydrogens (primary N) is 1. The van der Waals surface area contributed by atoms with Crippen molar-refractivity contribution in [1.82, 2.24) is 15.1 Å². The fraction of sp³-hybridized carbons (Fsp3) is 0.267. The number of nitrogens with one attached hydrogen (secondary N) is 2. The van der Waals surface area contributed by atoms with Gasteiger partial charge in [-0.15, -0.1) is 12.4 Å². The van der Waals surface area contributed by atoms with Crippen molar-refractivity contribution in [1.29, 1.82) is 5.41 Å². The average Bonchev–Trinajstić information content (AvgIpc) is 2.97. The molecule has 8 nitrogen and oxygen atoms in total. The van der Waals surface area contributed by atoms with Crippen molar-refractivity contribution < 1.29 is 14.3 Å². The summed E-state index contributed by atoms with van der Waals surface area (Å²) in [5.74, 6) is 0.503. The van der Waals surface area contributed by atoms with E-state index in [2.05, 4.69) is 10.4 Å². The number of hydrogen-bond donors (Lipinski definition) is 3. The molecule has 1 aliphatic heterocycles. The number of hydrogen-bond acceptors (Lipinski definition) is 5. The van der Waals surface area contributed by atoms with E-state index in [1.165, 1.54) is 6.20 Å². The SMILES string of the molecule is CCc1c(C(=O)NC(=N)N)cnn1-c1ccc2c(c1)OCCO2.Cl. The average molecular weight is 352 g/mol. The number of benzene rings is 1. The first-order chi connectivity index (χ1) is 11.1. The zero-order valence-corrected chi connectivity index (χ0v) is 13.9. The van der Waals surface area contributed by atoms with E-state index in [1.807, 2.05) is 25.1 Å². The molecule has 0 radical (unpaired) electrons. The van der Waals surface area contributed by atoms with Crippen LogP contribution in [0.1, 0.15) is 23.0 Å². The first-order valence-corrected chi connectivity index (χ1v) is 7.22. The summed E-state index contributed by atoms with van der Waals surface area (Å²) in [5, 5.41) is 13.7. The maximum Gasteiger partial charge on any atom is 0.261 e. The van der Waals surface area contributed by atoms with Crippen LogP contribution in [-0.4, -0.2) is 34.9 Å². The third-order valence-electron chi connectivity index (χ3n) is 3.47. The fourth-order valence-corrected chi connectivity index (χ4v) is 2.48. The van der Waals surface area contributed by atoms with Gasteiger partial charge < -0.3 is 15.2 Å². The maximum absolute atomic E-state index is 12.1. The summed E-state index contributed by atoms with van der Waals surface area (Å²) in [6.45, 7) is 2.96. The number of guanidine groups is 1. The van der Waals surface area contributed by atoms with Crippen LogP contribution in [0.4, 0.5) is 0 Å². The molecular weight excluding hydrogens is 334 g/mol. The molecule has 1 aliphatic rings. The van der Waals surface area contributed by atoms with E-state index in [-0.39, 0.29) is 12.4 Å². The van der Waals surface area contributed by atoms with Crippen LogP contribution in [0.3, 0.4) is 0 Å². The first-order valence-electron chi connectivity index (χ1n) is 7.22. The highest BCUT2D eigenvalue weighted by Gasteiger charge is 2.19. The molecule has 9 heteroatoms. The number of ether oxygens (including phenoxy) is 2. The van der Waals surface area contributed by atoms with Crippen molar-refractivity contribution in [3.63, 3.8) is 0 Å². The van der Waals surface area contributed by atoms with Gasteiger partial charge in [-0.3, -0.25) is 15.5 Å². The zero-order chi connectivity index (χ0) is 16.4. The third-order valence-corrected chi connectivity index (χ3v) is 3.47. The second-order valence-electron chi connectivity index (χ2n) is 4.97.